The van der Waals surface area contributed by atoms with Crippen molar-refractivity contribution in [2.45, 2.75) is 45.3 Å². The lowest BCUT2D eigenvalue weighted by atomic mass is 9.96. The Morgan fingerprint density at radius 2 is 1.97 bits per heavy atom. The van der Waals surface area contributed by atoms with Crippen molar-refractivity contribution in [3.8, 4) is 0 Å². The number of aryl methyl sites for hydroxylation is 2. The molecule has 4 rings (SSSR count). The molecule has 1 aromatic carbocycles. The Hall–Kier alpha value is -2.18. The van der Waals surface area contributed by atoms with E-state index in [0.717, 1.165) is 41.9 Å². The molecule has 0 N–H and O–H groups in total. The first-order valence-corrected chi connectivity index (χ1v) is 10.7. The molecule has 2 aliphatic rings. The Morgan fingerprint density at radius 1 is 1.17 bits per heavy atom. The zero-order valence-corrected chi connectivity index (χ0v) is 17.8. The van der Waals surface area contributed by atoms with Gasteiger partial charge in [-0.25, -0.2) is 0 Å². The highest BCUT2D eigenvalue weighted by molar-refractivity contribution is 5.96. The van der Waals surface area contributed by atoms with Crippen molar-refractivity contribution in [2.24, 2.45) is 7.05 Å². The van der Waals surface area contributed by atoms with E-state index in [2.05, 4.69) is 23.0 Å². The third-order valence-corrected chi connectivity index (χ3v) is 6.40. The quantitative estimate of drug-likeness (QED) is 0.797. The molecular weight excluding hydrogens is 364 g/mol. The van der Waals surface area contributed by atoms with Crippen LogP contribution < -0.4 is 0 Å². The van der Waals surface area contributed by atoms with Crippen molar-refractivity contribution in [1.82, 2.24) is 19.6 Å². The molecule has 0 spiro atoms. The van der Waals surface area contributed by atoms with E-state index in [4.69, 9.17) is 4.74 Å². The minimum atomic E-state index is -0.119. The number of hydrogen-bond acceptors (Lipinski definition) is 4. The molecule has 0 unspecified atom stereocenters. The summed E-state index contributed by atoms with van der Waals surface area (Å²) in [7, 11) is 1.92. The van der Waals surface area contributed by atoms with E-state index in [1.165, 1.54) is 19.3 Å². The molecule has 1 aromatic heterocycles. The van der Waals surface area contributed by atoms with Crippen LogP contribution in [0.1, 0.15) is 52.4 Å². The first kappa shape index (κ1) is 20.1. The number of amides is 1. The number of benzene rings is 1. The molecule has 156 valence electrons. The molecule has 0 radical (unpaired) electrons. The van der Waals surface area contributed by atoms with Crippen LogP contribution in [-0.2, 0) is 11.8 Å². The first-order valence-electron chi connectivity index (χ1n) is 10.7. The van der Waals surface area contributed by atoms with E-state index in [1.54, 1.807) is 0 Å². The summed E-state index contributed by atoms with van der Waals surface area (Å²) in [6.07, 6.45) is 7.66. The molecule has 6 nitrogen and oxygen atoms in total. The summed E-state index contributed by atoms with van der Waals surface area (Å²) in [5, 5.41) is 4.38. The van der Waals surface area contributed by atoms with Gasteiger partial charge >= 0.3 is 0 Å². The van der Waals surface area contributed by atoms with Crippen molar-refractivity contribution in [3.63, 3.8) is 0 Å². The summed E-state index contributed by atoms with van der Waals surface area (Å²) in [4.78, 5) is 18.1. The van der Waals surface area contributed by atoms with Crippen LogP contribution in [-0.4, -0.2) is 64.4 Å². The fourth-order valence-electron chi connectivity index (χ4n) is 4.64. The highest BCUT2D eigenvalue weighted by Crippen LogP contribution is 2.32. The number of aromatic nitrogens is 2. The van der Waals surface area contributed by atoms with Gasteiger partial charge < -0.3 is 14.5 Å². The number of carbonyl (C=O) groups excluding carboxylic acids is 1. The van der Waals surface area contributed by atoms with E-state index in [9.17, 15) is 4.79 Å². The predicted molar refractivity (Wildman–Crippen MR) is 113 cm³/mol. The van der Waals surface area contributed by atoms with E-state index in [1.807, 2.05) is 48.1 Å². The third-order valence-electron chi connectivity index (χ3n) is 6.40. The normalized spacial score (nSPS) is 23.3. The largest absolute Gasteiger partial charge is 0.373 e. The number of nitrogens with zero attached hydrogens (tertiary/aromatic N) is 4. The van der Waals surface area contributed by atoms with Gasteiger partial charge in [0, 0.05) is 37.5 Å². The lowest BCUT2D eigenvalue weighted by molar-refractivity contribution is -0.0741. The van der Waals surface area contributed by atoms with Crippen molar-refractivity contribution in [2.75, 3.05) is 32.8 Å². The highest BCUT2D eigenvalue weighted by Gasteiger charge is 2.38. The molecule has 1 amide bonds. The Balaban J connectivity index is 1.65. The molecule has 0 saturated carbocycles. The summed E-state index contributed by atoms with van der Waals surface area (Å²) in [6, 6.07) is 5.86. The van der Waals surface area contributed by atoms with Crippen molar-refractivity contribution in [3.05, 3.63) is 52.8 Å². The number of hydrogen-bond donors (Lipinski definition) is 0. The zero-order chi connectivity index (χ0) is 20.4. The van der Waals surface area contributed by atoms with Crippen LogP contribution in [0.2, 0.25) is 0 Å². The van der Waals surface area contributed by atoms with Crippen LogP contribution in [0.15, 0.2) is 30.6 Å². The molecule has 2 aromatic rings. The van der Waals surface area contributed by atoms with E-state index < -0.39 is 0 Å². The first-order chi connectivity index (χ1) is 14.0. The summed E-state index contributed by atoms with van der Waals surface area (Å²) in [6.45, 7) is 8.36. The van der Waals surface area contributed by atoms with Crippen molar-refractivity contribution >= 4 is 5.91 Å². The van der Waals surface area contributed by atoms with Crippen LogP contribution in [0.5, 0.6) is 0 Å². The van der Waals surface area contributed by atoms with Gasteiger partial charge in [-0.05, 0) is 57.0 Å². The second-order valence-corrected chi connectivity index (χ2v) is 8.41. The fourth-order valence-corrected chi connectivity index (χ4v) is 4.64. The maximum absolute atomic E-state index is 13.6. The molecule has 2 saturated heterocycles. The van der Waals surface area contributed by atoms with Crippen LogP contribution in [0.4, 0.5) is 0 Å². The summed E-state index contributed by atoms with van der Waals surface area (Å²) >= 11 is 0. The molecule has 2 atom stereocenters. The minimum Gasteiger partial charge on any atom is -0.373 e. The van der Waals surface area contributed by atoms with Crippen molar-refractivity contribution < 1.29 is 9.53 Å². The summed E-state index contributed by atoms with van der Waals surface area (Å²) in [5.74, 6) is 0.0898. The number of carbonyl (C=O) groups is 1. The van der Waals surface area contributed by atoms with Crippen LogP contribution >= 0.6 is 0 Å². The average molecular weight is 397 g/mol. The van der Waals surface area contributed by atoms with Gasteiger partial charge in [0.1, 0.15) is 0 Å². The van der Waals surface area contributed by atoms with Crippen LogP contribution in [0.3, 0.4) is 0 Å². The van der Waals surface area contributed by atoms with Crippen molar-refractivity contribution in [1.29, 1.82) is 0 Å². The smallest absolute Gasteiger partial charge is 0.254 e. The molecule has 29 heavy (non-hydrogen) atoms. The SMILES string of the molecule is Cc1cccc(C(=O)N2CCO[C@@H](CN3CCCCC3)[C@@H]2c2cnn(C)c2)c1C. The maximum atomic E-state index is 13.6. The van der Waals surface area contributed by atoms with Crippen LogP contribution in [0.25, 0.3) is 0 Å². The van der Waals surface area contributed by atoms with E-state index >= 15 is 0 Å². The fraction of sp³-hybridized carbons (Fsp3) is 0.565. The molecule has 2 aliphatic heterocycles. The molecule has 0 bridgehead atoms. The van der Waals surface area contributed by atoms with Gasteiger partial charge in [-0.2, -0.15) is 5.10 Å². The molecule has 2 fully saturated rings. The van der Waals surface area contributed by atoms with E-state index in [0.29, 0.717) is 13.2 Å². The average Bonchev–Trinajstić information content (AvgIpc) is 3.16. The Morgan fingerprint density at radius 3 is 2.69 bits per heavy atom. The number of ether oxygens (including phenoxy) is 1. The van der Waals surface area contributed by atoms with Crippen LogP contribution in [0, 0.1) is 13.8 Å². The Kier molecular flexibility index (Phi) is 6.01. The number of likely N-dealkylation sites (tertiary alicyclic amines) is 1. The highest BCUT2D eigenvalue weighted by atomic mass is 16.5. The predicted octanol–water partition coefficient (Wildman–Crippen LogP) is 3.11. The van der Waals surface area contributed by atoms with Gasteiger partial charge in [0.05, 0.1) is 24.9 Å². The zero-order valence-electron chi connectivity index (χ0n) is 17.8. The second kappa shape index (κ2) is 8.67. The number of rotatable bonds is 4. The van der Waals surface area contributed by atoms with Gasteiger partial charge in [-0.15, -0.1) is 0 Å². The van der Waals surface area contributed by atoms with E-state index in [-0.39, 0.29) is 18.1 Å². The summed E-state index contributed by atoms with van der Waals surface area (Å²) in [5.41, 5.74) is 4.04. The Labute approximate surface area is 173 Å². The molecular formula is C23H32N4O2. The third kappa shape index (κ3) is 4.23. The maximum Gasteiger partial charge on any atom is 0.254 e. The van der Waals surface area contributed by atoms with Gasteiger partial charge in [-0.1, -0.05) is 18.6 Å². The monoisotopic (exact) mass is 396 g/mol. The standard InChI is InChI=1S/C23H32N4O2/c1-17-8-7-9-20(18(17)2)23(28)27-12-13-29-21(16-26-10-5-4-6-11-26)22(27)19-14-24-25(3)15-19/h7-9,14-15,21-22H,4-6,10-13,16H2,1-3H3/t21-,22-/m0/s1. The second-order valence-electron chi connectivity index (χ2n) is 8.41. The van der Waals surface area contributed by atoms with Gasteiger partial charge in [-0.3, -0.25) is 9.48 Å². The molecule has 3 heterocycles. The lowest BCUT2D eigenvalue weighted by Crippen LogP contribution is -2.52. The number of piperidine rings is 1. The van der Waals surface area contributed by atoms with Gasteiger partial charge in [0.2, 0.25) is 0 Å². The molecule has 6 heteroatoms. The Bertz CT molecular complexity index is 856. The summed E-state index contributed by atoms with van der Waals surface area (Å²) < 4.78 is 8.06. The lowest BCUT2D eigenvalue weighted by Gasteiger charge is -2.43. The minimum absolute atomic E-state index is 0.0416. The van der Waals surface area contributed by atoms with Gasteiger partial charge in [0.25, 0.3) is 5.91 Å². The van der Waals surface area contributed by atoms with Gasteiger partial charge in [0.15, 0.2) is 0 Å². The molecule has 0 aliphatic carbocycles. The topological polar surface area (TPSA) is 50.6 Å². The number of morpholine rings is 1.